The number of hydrogen-bond acceptors (Lipinski definition) is 5. The van der Waals surface area contributed by atoms with Crippen LogP contribution in [-0.4, -0.2) is 76.8 Å². The number of nitrogens with zero attached hydrogens (tertiary/aromatic N) is 4. The highest BCUT2D eigenvalue weighted by Crippen LogP contribution is 2.31. The third-order valence-corrected chi connectivity index (χ3v) is 6.60. The van der Waals surface area contributed by atoms with Gasteiger partial charge in [0.05, 0.1) is 24.5 Å². The van der Waals surface area contributed by atoms with E-state index in [-0.39, 0.29) is 24.9 Å². The number of imide groups is 1. The Hall–Kier alpha value is -3.41. The van der Waals surface area contributed by atoms with Crippen LogP contribution in [0.25, 0.3) is 5.69 Å². The van der Waals surface area contributed by atoms with Crippen LogP contribution in [0, 0.1) is 5.92 Å². The lowest BCUT2D eigenvalue weighted by molar-refractivity contribution is -0.141. The molecular weight excluding hydrogens is 491 g/mol. The van der Waals surface area contributed by atoms with Gasteiger partial charge in [-0.1, -0.05) is 37.5 Å². The number of nitrogens with one attached hydrogen (secondary N) is 1. The molecule has 0 spiro atoms. The zero-order valence-corrected chi connectivity index (χ0v) is 20.4. The molecule has 1 N–H and O–H groups in total. The van der Waals surface area contributed by atoms with E-state index in [1.54, 1.807) is 30.3 Å². The zero-order chi connectivity index (χ0) is 26.4. The molecule has 1 saturated carbocycles. The lowest BCUT2D eigenvalue weighted by Crippen LogP contribution is -2.53. The number of carbonyl (C=O) groups excluding carboxylic acids is 3. The second-order valence-corrected chi connectivity index (χ2v) is 9.13. The first-order valence-electron chi connectivity index (χ1n) is 12.4. The molecule has 37 heavy (non-hydrogen) atoms. The van der Waals surface area contributed by atoms with E-state index in [2.05, 4.69) is 10.4 Å². The lowest BCUT2D eigenvalue weighted by Gasteiger charge is -2.34. The second-order valence-electron chi connectivity index (χ2n) is 9.13. The molecule has 4 amide bonds. The summed E-state index contributed by atoms with van der Waals surface area (Å²) in [7, 11) is 0. The highest BCUT2D eigenvalue weighted by molar-refractivity contribution is 5.97. The number of rotatable bonds is 6. The minimum absolute atomic E-state index is 0.147. The normalized spacial score (nSPS) is 16.9. The molecule has 1 aliphatic heterocycles. The first kappa shape index (κ1) is 26.6. The average Bonchev–Trinajstić information content (AvgIpc) is 3.39. The molecule has 0 bridgehead atoms. The van der Waals surface area contributed by atoms with Crippen LogP contribution in [0.5, 0.6) is 0 Å². The topological polar surface area (TPSA) is 96.8 Å². The van der Waals surface area contributed by atoms with Crippen molar-refractivity contribution in [1.29, 1.82) is 0 Å². The molecule has 4 rings (SSSR count). The van der Waals surface area contributed by atoms with Gasteiger partial charge in [0.2, 0.25) is 5.91 Å². The predicted molar refractivity (Wildman–Crippen MR) is 127 cm³/mol. The third kappa shape index (κ3) is 6.48. The molecule has 2 aromatic rings. The van der Waals surface area contributed by atoms with Crippen LogP contribution in [0.2, 0.25) is 0 Å². The summed E-state index contributed by atoms with van der Waals surface area (Å²) in [6.07, 6.45) is 0.392. The SMILES string of the molecule is O=C(NCCN(C(=O)C1CCCCC1)C(=O)N1CCOCC1)c1cn(-c2ccccc2)nc1C(F)(F)F. The largest absolute Gasteiger partial charge is 0.435 e. The number of aromatic nitrogens is 2. The smallest absolute Gasteiger partial charge is 0.378 e. The van der Waals surface area contributed by atoms with Gasteiger partial charge < -0.3 is 15.0 Å². The van der Waals surface area contributed by atoms with Crippen molar-refractivity contribution in [3.8, 4) is 5.69 Å². The molecule has 2 fully saturated rings. The van der Waals surface area contributed by atoms with Crippen molar-refractivity contribution in [2.75, 3.05) is 39.4 Å². The first-order valence-corrected chi connectivity index (χ1v) is 12.4. The number of para-hydroxylation sites is 1. The fourth-order valence-corrected chi connectivity index (χ4v) is 4.63. The number of urea groups is 1. The molecule has 0 unspecified atom stereocenters. The molecule has 1 aromatic heterocycles. The van der Waals surface area contributed by atoms with Crippen LogP contribution in [0.3, 0.4) is 0 Å². The Kier molecular flexibility index (Phi) is 8.47. The first-order chi connectivity index (χ1) is 17.8. The van der Waals surface area contributed by atoms with Gasteiger partial charge in [0.15, 0.2) is 5.69 Å². The summed E-state index contributed by atoms with van der Waals surface area (Å²) in [4.78, 5) is 41.9. The van der Waals surface area contributed by atoms with Gasteiger partial charge in [-0.25, -0.2) is 9.48 Å². The molecular formula is C25H30F3N5O4. The maximum atomic E-state index is 13.6. The second kappa shape index (κ2) is 11.8. The van der Waals surface area contributed by atoms with Crippen molar-refractivity contribution in [3.05, 3.63) is 47.8 Å². The number of carbonyl (C=O) groups is 3. The van der Waals surface area contributed by atoms with Crippen molar-refractivity contribution < 1.29 is 32.3 Å². The van der Waals surface area contributed by atoms with E-state index in [1.807, 2.05) is 0 Å². The van der Waals surface area contributed by atoms with Crippen LogP contribution in [-0.2, 0) is 15.7 Å². The van der Waals surface area contributed by atoms with E-state index in [0.29, 0.717) is 44.8 Å². The number of hydrogen-bond donors (Lipinski definition) is 1. The molecule has 1 saturated heterocycles. The lowest BCUT2D eigenvalue weighted by atomic mass is 9.88. The number of ether oxygens (including phenoxy) is 1. The molecule has 1 aromatic carbocycles. The van der Waals surface area contributed by atoms with Gasteiger partial charge in [-0.3, -0.25) is 14.5 Å². The Balaban J connectivity index is 1.47. The molecule has 12 heteroatoms. The highest BCUT2D eigenvalue weighted by atomic mass is 19.4. The zero-order valence-electron chi connectivity index (χ0n) is 20.4. The van der Waals surface area contributed by atoms with Gasteiger partial charge in [0, 0.05) is 38.3 Å². The highest BCUT2D eigenvalue weighted by Gasteiger charge is 2.39. The summed E-state index contributed by atoms with van der Waals surface area (Å²) in [5.74, 6) is -1.58. The van der Waals surface area contributed by atoms with Crippen LogP contribution >= 0.6 is 0 Å². The fraction of sp³-hybridized carbons (Fsp3) is 0.520. The molecule has 2 aliphatic rings. The summed E-state index contributed by atoms with van der Waals surface area (Å²) >= 11 is 0. The van der Waals surface area contributed by atoms with Crippen molar-refractivity contribution in [2.45, 2.75) is 38.3 Å². The molecule has 2 heterocycles. The summed E-state index contributed by atoms with van der Waals surface area (Å²) in [5.41, 5.74) is -1.58. The molecule has 0 radical (unpaired) electrons. The number of alkyl halides is 3. The standard InChI is InChI=1S/C25H30F3N5O4/c26-25(27,28)21-20(17-33(30-21)19-9-5-2-6-10-19)22(34)29-11-12-32(23(35)18-7-3-1-4-8-18)24(36)31-13-15-37-16-14-31/h2,5-6,9-10,17-18H,1,3-4,7-8,11-16H2,(H,29,34). The summed E-state index contributed by atoms with van der Waals surface area (Å²) in [6, 6.07) is 7.67. The number of morpholine rings is 1. The van der Waals surface area contributed by atoms with E-state index >= 15 is 0 Å². The minimum atomic E-state index is -4.85. The summed E-state index contributed by atoms with van der Waals surface area (Å²) < 4.78 is 47.2. The molecule has 200 valence electrons. The van der Waals surface area contributed by atoms with Crippen molar-refractivity contribution in [1.82, 2.24) is 24.9 Å². The van der Waals surface area contributed by atoms with Gasteiger partial charge in [-0.05, 0) is 25.0 Å². The number of amides is 4. The number of halogens is 3. The van der Waals surface area contributed by atoms with E-state index in [0.717, 1.165) is 35.0 Å². The van der Waals surface area contributed by atoms with Crippen molar-refractivity contribution >= 4 is 17.8 Å². The van der Waals surface area contributed by atoms with Crippen LogP contribution < -0.4 is 5.32 Å². The summed E-state index contributed by atoms with van der Waals surface area (Å²) in [5, 5.41) is 6.03. The maximum absolute atomic E-state index is 13.6. The molecule has 1 aliphatic carbocycles. The Labute approximate surface area is 212 Å². The van der Waals surface area contributed by atoms with Gasteiger partial charge in [0.1, 0.15) is 0 Å². The minimum Gasteiger partial charge on any atom is -0.378 e. The summed E-state index contributed by atoms with van der Waals surface area (Å²) in [6.45, 7) is 1.06. The van der Waals surface area contributed by atoms with Crippen molar-refractivity contribution in [3.63, 3.8) is 0 Å². The molecule has 0 atom stereocenters. The molecule has 9 nitrogen and oxygen atoms in total. The van der Waals surface area contributed by atoms with Crippen molar-refractivity contribution in [2.24, 2.45) is 5.92 Å². The van der Waals surface area contributed by atoms with Gasteiger partial charge in [-0.2, -0.15) is 18.3 Å². The average molecular weight is 522 g/mol. The van der Waals surface area contributed by atoms with E-state index in [4.69, 9.17) is 4.74 Å². The Morgan fingerprint density at radius 3 is 2.38 bits per heavy atom. The van der Waals surface area contributed by atoms with Gasteiger partial charge in [0.25, 0.3) is 5.91 Å². The van der Waals surface area contributed by atoms with E-state index in [1.165, 1.54) is 4.90 Å². The maximum Gasteiger partial charge on any atom is 0.435 e. The predicted octanol–water partition coefficient (Wildman–Crippen LogP) is 3.48. The fourth-order valence-electron chi connectivity index (χ4n) is 4.63. The van der Waals surface area contributed by atoms with Gasteiger partial charge in [-0.15, -0.1) is 0 Å². The third-order valence-electron chi connectivity index (χ3n) is 6.60. The van der Waals surface area contributed by atoms with E-state index < -0.39 is 29.4 Å². The van der Waals surface area contributed by atoms with Crippen LogP contribution in [0.4, 0.5) is 18.0 Å². The van der Waals surface area contributed by atoms with Gasteiger partial charge >= 0.3 is 12.2 Å². The Morgan fingerprint density at radius 1 is 1.05 bits per heavy atom. The van der Waals surface area contributed by atoms with Crippen LogP contribution in [0.15, 0.2) is 36.5 Å². The van der Waals surface area contributed by atoms with Crippen LogP contribution in [0.1, 0.15) is 48.2 Å². The quantitative estimate of drug-likeness (QED) is 0.628. The monoisotopic (exact) mass is 521 g/mol. The Morgan fingerprint density at radius 2 is 1.73 bits per heavy atom. The van der Waals surface area contributed by atoms with E-state index in [9.17, 15) is 27.6 Å². The number of benzene rings is 1. The Bertz CT molecular complexity index is 1060.